The molecule has 0 fully saturated rings. The van der Waals surface area contributed by atoms with Gasteiger partial charge in [0.25, 0.3) is 0 Å². The predicted octanol–water partition coefficient (Wildman–Crippen LogP) is 1.43. The van der Waals surface area contributed by atoms with E-state index < -0.39 is 12.1 Å². The van der Waals surface area contributed by atoms with E-state index >= 15 is 0 Å². The van der Waals surface area contributed by atoms with Gasteiger partial charge in [0.15, 0.2) is 0 Å². The van der Waals surface area contributed by atoms with Crippen LogP contribution in [-0.2, 0) is 4.79 Å². The molecule has 0 aliphatic rings. The van der Waals surface area contributed by atoms with E-state index in [0.29, 0.717) is 10.6 Å². The highest BCUT2D eigenvalue weighted by Crippen LogP contribution is 2.28. The van der Waals surface area contributed by atoms with Crippen LogP contribution in [0.3, 0.4) is 0 Å². The second-order valence-corrected chi connectivity index (χ2v) is 3.26. The fourth-order valence-electron chi connectivity index (χ4n) is 1.12. The number of nitrogen functional groups attached to an aromatic ring is 1. The smallest absolute Gasteiger partial charge is 0.306 e. The lowest BCUT2D eigenvalue weighted by Gasteiger charge is -2.11. The zero-order valence-corrected chi connectivity index (χ0v) is 8.03. The van der Waals surface area contributed by atoms with Crippen LogP contribution in [0.25, 0.3) is 0 Å². The van der Waals surface area contributed by atoms with Crippen molar-refractivity contribution in [3.05, 3.63) is 28.8 Å². The van der Waals surface area contributed by atoms with Crippen LogP contribution >= 0.6 is 11.6 Å². The third-order valence-electron chi connectivity index (χ3n) is 1.81. The summed E-state index contributed by atoms with van der Waals surface area (Å²) < 4.78 is 0. The molecule has 1 aromatic rings. The highest BCUT2D eigenvalue weighted by atomic mass is 35.5. The van der Waals surface area contributed by atoms with Crippen LogP contribution in [0.15, 0.2) is 18.2 Å². The number of para-hydroxylation sites is 1. The standard InChI is InChI=1S/C9H10ClNO3/c10-6-3-1-2-5(9(6)11)7(12)4-8(13)14/h1-3,7,12H,4,11H2,(H,13,14). The third kappa shape index (κ3) is 2.37. The van der Waals surface area contributed by atoms with Crippen LogP contribution in [0.5, 0.6) is 0 Å². The number of halogens is 1. The first kappa shape index (κ1) is 10.8. The number of carboxylic acid groups (broad SMARTS) is 1. The number of aliphatic hydroxyl groups is 1. The van der Waals surface area contributed by atoms with E-state index in [-0.39, 0.29) is 12.1 Å². The molecule has 4 nitrogen and oxygen atoms in total. The van der Waals surface area contributed by atoms with Gasteiger partial charge in [-0.2, -0.15) is 0 Å². The topological polar surface area (TPSA) is 83.5 Å². The molecule has 14 heavy (non-hydrogen) atoms. The molecule has 0 radical (unpaired) electrons. The predicted molar refractivity (Wildman–Crippen MR) is 53.1 cm³/mol. The van der Waals surface area contributed by atoms with Gasteiger partial charge in [0.2, 0.25) is 0 Å². The number of anilines is 1. The molecule has 0 bridgehead atoms. The van der Waals surface area contributed by atoms with Crippen LogP contribution in [0.4, 0.5) is 5.69 Å². The van der Waals surface area contributed by atoms with Crippen LogP contribution in [-0.4, -0.2) is 16.2 Å². The van der Waals surface area contributed by atoms with E-state index in [4.69, 9.17) is 22.4 Å². The minimum atomic E-state index is -1.12. The van der Waals surface area contributed by atoms with Crippen molar-refractivity contribution in [2.75, 3.05) is 5.73 Å². The van der Waals surface area contributed by atoms with Crippen molar-refractivity contribution in [3.8, 4) is 0 Å². The zero-order valence-electron chi connectivity index (χ0n) is 7.27. The van der Waals surface area contributed by atoms with E-state index in [1.54, 1.807) is 18.2 Å². The lowest BCUT2D eigenvalue weighted by Crippen LogP contribution is -2.07. The van der Waals surface area contributed by atoms with E-state index in [2.05, 4.69) is 0 Å². The van der Waals surface area contributed by atoms with Crippen LogP contribution in [0.2, 0.25) is 5.02 Å². The van der Waals surface area contributed by atoms with Crippen molar-refractivity contribution >= 4 is 23.3 Å². The molecule has 1 rings (SSSR count). The summed E-state index contributed by atoms with van der Waals surface area (Å²) >= 11 is 5.71. The van der Waals surface area contributed by atoms with Gasteiger partial charge < -0.3 is 15.9 Å². The Hall–Kier alpha value is -1.26. The Labute approximate surface area is 85.9 Å². The van der Waals surface area contributed by atoms with Crippen LogP contribution < -0.4 is 5.73 Å². The van der Waals surface area contributed by atoms with E-state index in [0.717, 1.165) is 0 Å². The lowest BCUT2D eigenvalue weighted by atomic mass is 10.0. The quantitative estimate of drug-likeness (QED) is 0.666. The maximum atomic E-state index is 10.3. The summed E-state index contributed by atoms with van der Waals surface area (Å²) in [6, 6.07) is 4.74. The minimum Gasteiger partial charge on any atom is -0.481 e. The molecule has 76 valence electrons. The maximum Gasteiger partial charge on any atom is 0.306 e. The molecular formula is C9H10ClNO3. The number of carbonyl (C=O) groups is 1. The average molecular weight is 216 g/mol. The van der Waals surface area contributed by atoms with Crippen molar-refractivity contribution in [3.63, 3.8) is 0 Å². The summed E-state index contributed by atoms with van der Waals surface area (Å²) in [6.45, 7) is 0. The summed E-state index contributed by atoms with van der Waals surface area (Å²) in [5.74, 6) is -1.09. The van der Waals surface area contributed by atoms with Gasteiger partial charge in [-0.3, -0.25) is 4.79 Å². The second kappa shape index (κ2) is 4.30. The minimum absolute atomic E-state index is 0.225. The number of carboxylic acids is 1. The molecule has 0 aromatic heterocycles. The highest BCUT2D eigenvalue weighted by Gasteiger charge is 2.15. The number of nitrogens with two attached hydrogens (primary N) is 1. The Balaban J connectivity index is 2.95. The van der Waals surface area contributed by atoms with Gasteiger partial charge in [0.1, 0.15) is 0 Å². The SMILES string of the molecule is Nc1c(Cl)cccc1C(O)CC(=O)O. The molecule has 5 heteroatoms. The summed E-state index contributed by atoms with van der Waals surface area (Å²) in [6.07, 6.45) is -1.50. The van der Waals surface area contributed by atoms with Gasteiger partial charge in [0, 0.05) is 5.56 Å². The summed E-state index contributed by atoms with van der Waals surface area (Å²) in [5, 5.41) is 18.3. The Morgan fingerprint density at radius 3 is 2.79 bits per heavy atom. The Morgan fingerprint density at radius 2 is 2.21 bits per heavy atom. The van der Waals surface area contributed by atoms with Gasteiger partial charge >= 0.3 is 5.97 Å². The number of benzene rings is 1. The number of hydrogen-bond acceptors (Lipinski definition) is 3. The van der Waals surface area contributed by atoms with Gasteiger partial charge in [-0.1, -0.05) is 23.7 Å². The Kier molecular flexibility index (Phi) is 3.33. The summed E-state index contributed by atoms with van der Waals surface area (Å²) in [7, 11) is 0. The molecule has 1 aromatic carbocycles. The van der Waals surface area contributed by atoms with Crippen LogP contribution in [0, 0.1) is 0 Å². The van der Waals surface area contributed by atoms with E-state index in [9.17, 15) is 9.90 Å². The summed E-state index contributed by atoms with van der Waals surface area (Å²) in [5.41, 5.74) is 6.15. The van der Waals surface area contributed by atoms with Gasteiger partial charge in [-0.05, 0) is 6.07 Å². The largest absolute Gasteiger partial charge is 0.481 e. The van der Waals surface area contributed by atoms with Crippen LogP contribution in [0.1, 0.15) is 18.1 Å². The first-order valence-corrected chi connectivity index (χ1v) is 4.34. The molecule has 0 aliphatic carbocycles. The van der Waals surface area contributed by atoms with Crippen molar-refractivity contribution in [2.45, 2.75) is 12.5 Å². The van der Waals surface area contributed by atoms with E-state index in [1.165, 1.54) is 0 Å². The molecular weight excluding hydrogens is 206 g/mol. The molecule has 1 atom stereocenters. The second-order valence-electron chi connectivity index (χ2n) is 2.86. The first-order chi connectivity index (χ1) is 6.52. The number of aliphatic carboxylic acids is 1. The van der Waals surface area contributed by atoms with Crippen molar-refractivity contribution in [1.82, 2.24) is 0 Å². The molecule has 0 spiro atoms. The number of aliphatic hydroxyl groups excluding tert-OH is 1. The van der Waals surface area contributed by atoms with Gasteiger partial charge in [-0.25, -0.2) is 0 Å². The molecule has 1 unspecified atom stereocenters. The number of rotatable bonds is 3. The van der Waals surface area contributed by atoms with Crippen molar-refractivity contribution < 1.29 is 15.0 Å². The fourth-order valence-corrected chi connectivity index (χ4v) is 1.30. The molecule has 0 aliphatic heterocycles. The maximum absolute atomic E-state index is 10.3. The highest BCUT2D eigenvalue weighted by molar-refractivity contribution is 6.33. The van der Waals surface area contributed by atoms with Crippen molar-refractivity contribution in [2.24, 2.45) is 0 Å². The number of hydrogen-bond donors (Lipinski definition) is 3. The molecule has 4 N–H and O–H groups in total. The Bertz CT molecular complexity index is 354. The van der Waals surface area contributed by atoms with E-state index in [1.807, 2.05) is 0 Å². The molecule has 0 heterocycles. The normalized spacial score (nSPS) is 12.4. The summed E-state index contributed by atoms with van der Waals surface area (Å²) in [4.78, 5) is 10.3. The fraction of sp³-hybridized carbons (Fsp3) is 0.222. The molecule has 0 saturated carbocycles. The first-order valence-electron chi connectivity index (χ1n) is 3.96. The molecule has 0 amide bonds. The Morgan fingerprint density at radius 1 is 1.57 bits per heavy atom. The van der Waals surface area contributed by atoms with Crippen molar-refractivity contribution in [1.29, 1.82) is 0 Å². The third-order valence-corrected chi connectivity index (χ3v) is 2.14. The van der Waals surface area contributed by atoms with Gasteiger partial charge in [-0.15, -0.1) is 0 Å². The average Bonchev–Trinajstić information content (AvgIpc) is 2.08. The lowest BCUT2D eigenvalue weighted by molar-refractivity contribution is -0.139. The monoisotopic (exact) mass is 215 g/mol. The zero-order chi connectivity index (χ0) is 10.7. The molecule has 0 saturated heterocycles. The van der Waals surface area contributed by atoms with Gasteiger partial charge in [0.05, 0.1) is 23.2 Å².